The summed E-state index contributed by atoms with van der Waals surface area (Å²) < 4.78 is 0. The SMILES string of the molecule is CC(=O)c1cccc(NC(=O)c2cc(N)c(C)s2)c1. The minimum atomic E-state index is -0.217. The fourth-order valence-electron chi connectivity index (χ4n) is 1.62. The predicted molar refractivity (Wildman–Crippen MR) is 77.9 cm³/mol. The Balaban J connectivity index is 2.19. The van der Waals surface area contributed by atoms with Crippen LogP contribution in [0.3, 0.4) is 0 Å². The van der Waals surface area contributed by atoms with Crippen molar-refractivity contribution in [2.24, 2.45) is 0 Å². The number of ketones is 1. The highest BCUT2D eigenvalue weighted by molar-refractivity contribution is 7.14. The van der Waals surface area contributed by atoms with Crippen LogP contribution in [0.4, 0.5) is 11.4 Å². The van der Waals surface area contributed by atoms with E-state index in [-0.39, 0.29) is 11.7 Å². The number of anilines is 2. The van der Waals surface area contributed by atoms with Gasteiger partial charge >= 0.3 is 0 Å². The third-order valence-electron chi connectivity index (χ3n) is 2.71. The average molecular weight is 274 g/mol. The van der Waals surface area contributed by atoms with Crippen molar-refractivity contribution in [3.63, 3.8) is 0 Å². The summed E-state index contributed by atoms with van der Waals surface area (Å²) in [5.74, 6) is -0.252. The van der Waals surface area contributed by atoms with Crippen LogP contribution in [0.2, 0.25) is 0 Å². The second kappa shape index (κ2) is 5.24. The Morgan fingerprint density at radius 3 is 2.58 bits per heavy atom. The molecule has 1 amide bonds. The summed E-state index contributed by atoms with van der Waals surface area (Å²) in [6, 6.07) is 8.51. The number of carbonyl (C=O) groups excluding carboxylic acids is 2. The van der Waals surface area contributed by atoms with Gasteiger partial charge < -0.3 is 11.1 Å². The molecule has 98 valence electrons. The van der Waals surface area contributed by atoms with Gasteiger partial charge in [0.25, 0.3) is 5.91 Å². The van der Waals surface area contributed by atoms with Gasteiger partial charge in [-0.2, -0.15) is 0 Å². The zero-order valence-electron chi connectivity index (χ0n) is 10.7. The van der Waals surface area contributed by atoms with Crippen LogP contribution in [0.15, 0.2) is 30.3 Å². The number of rotatable bonds is 3. The number of nitrogens with one attached hydrogen (secondary N) is 1. The molecule has 2 rings (SSSR count). The molecule has 0 aliphatic heterocycles. The number of hydrogen-bond donors (Lipinski definition) is 2. The van der Waals surface area contributed by atoms with E-state index in [0.717, 1.165) is 4.88 Å². The highest BCUT2D eigenvalue weighted by Crippen LogP contribution is 2.24. The van der Waals surface area contributed by atoms with Gasteiger partial charge in [0, 0.05) is 21.8 Å². The number of nitrogen functional groups attached to an aromatic ring is 1. The second-order valence-electron chi connectivity index (χ2n) is 4.21. The van der Waals surface area contributed by atoms with E-state index in [2.05, 4.69) is 5.32 Å². The number of Topliss-reactive ketones (excluding diaryl/α,β-unsaturated/α-hetero) is 1. The van der Waals surface area contributed by atoms with Crippen LogP contribution in [-0.4, -0.2) is 11.7 Å². The molecule has 0 fully saturated rings. The van der Waals surface area contributed by atoms with Crippen LogP contribution in [0.1, 0.15) is 31.8 Å². The van der Waals surface area contributed by atoms with Gasteiger partial charge in [0.1, 0.15) is 0 Å². The van der Waals surface area contributed by atoms with Gasteiger partial charge in [0.15, 0.2) is 5.78 Å². The number of carbonyl (C=O) groups is 2. The molecule has 0 atom stereocenters. The van der Waals surface area contributed by atoms with E-state index in [4.69, 9.17) is 5.73 Å². The van der Waals surface area contributed by atoms with Crippen LogP contribution < -0.4 is 11.1 Å². The van der Waals surface area contributed by atoms with E-state index in [1.807, 2.05) is 6.92 Å². The number of aryl methyl sites for hydroxylation is 1. The second-order valence-corrected chi connectivity index (χ2v) is 5.47. The van der Waals surface area contributed by atoms with Gasteiger partial charge in [0.2, 0.25) is 0 Å². The standard InChI is InChI=1S/C14H14N2O2S/c1-8(17)10-4-3-5-11(6-10)16-14(18)13-7-12(15)9(2)19-13/h3-7H,15H2,1-2H3,(H,16,18). The molecule has 0 bridgehead atoms. The van der Waals surface area contributed by atoms with Gasteiger partial charge in [-0.15, -0.1) is 11.3 Å². The van der Waals surface area contributed by atoms with E-state index in [1.165, 1.54) is 18.3 Å². The molecule has 0 saturated heterocycles. The van der Waals surface area contributed by atoms with Gasteiger partial charge in [-0.1, -0.05) is 12.1 Å². The van der Waals surface area contributed by atoms with Crippen molar-refractivity contribution in [1.82, 2.24) is 0 Å². The van der Waals surface area contributed by atoms with E-state index in [0.29, 0.717) is 21.8 Å². The van der Waals surface area contributed by atoms with Gasteiger partial charge in [-0.3, -0.25) is 9.59 Å². The molecule has 0 saturated carbocycles. The molecule has 1 aromatic carbocycles. The molecule has 5 heteroatoms. The summed E-state index contributed by atoms with van der Waals surface area (Å²) in [5, 5.41) is 2.76. The van der Waals surface area contributed by atoms with Crippen molar-refractivity contribution >= 4 is 34.4 Å². The summed E-state index contributed by atoms with van der Waals surface area (Å²) in [4.78, 5) is 24.8. The summed E-state index contributed by atoms with van der Waals surface area (Å²) in [6.45, 7) is 3.36. The number of amides is 1. The first kappa shape index (κ1) is 13.3. The minimum Gasteiger partial charge on any atom is -0.398 e. The highest BCUT2D eigenvalue weighted by atomic mass is 32.1. The Labute approximate surface area is 115 Å². The molecule has 0 aliphatic rings. The molecule has 19 heavy (non-hydrogen) atoms. The Kier molecular flexibility index (Phi) is 3.66. The lowest BCUT2D eigenvalue weighted by Gasteiger charge is -2.04. The maximum absolute atomic E-state index is 12.0. The normalized spacial score (nSPS) is 10.2. The van der Waals surface area contributed by atoms with Crippen LogP contribution in [-0.2, 0) is 0 Å². The molecule has 2 aromatic rings. The highest BCUT2D eigenvalue weighted by Gasteiger charge is 2.11. The Bertz CT molecular complexity index is 627. The summed E-state index contributed by atoms with van der Waals surface area (Å²) in [5.41, 5.74) is 7.51. The van der Waals surface area contributed by atoms with Crippen molar-refractivity contribution in [2.45, 2.75) is 13.8 Å². The Hall–Kier alpha value is -2.14. The third kappa shape index (κ3) is 3.00. The third-order valence-corrected chi connectivity index (χ3v) is 3.77. The monoisotopic (exact) mass is 274 g/mol. The molecular weight excluding hydrogens is 260 g/mol. The van der Waals surface area contributed by atoms with Gasteiger partial charge in [-0.25, -0.2) is 0 Å². The minimum absolute atomic E-state index is 0.0349. The van der Waals surface area contributed by atoms with E-state index < -0.39 is 0 Å². The van der Waals surface area contributed by atoms with Crippen LogP contribution in [0.5, 0.6) is 0 Å². The zero-order chi connectivity index (χ0) is 14.0. The maximum atomic E-state index is 12.0. The lowest BCUT2D eigenvalue weighted by Crippen LogP contribution is -2.10. The molecule has 0 unspecified atom stereocenters. The van der Waals surface area contributed by atoms with E-state index in [9.17, 15) is 9.59 Å². The number of hydrogen-bond acceptors (Lipinski definition) is 4. The summed E-state index contributed by atoms with van der Waals surface area (Å²) >= 11 is 1.35. The van der Waals surface area contributed by atoms with Crippen LogP contribution in [0.25, 0.3) is 0 Å². The average Bonchev–Trinajstić information content (AvgIpc) is 2.70. The first-order valence-electron chi connectivity index (χ1n) is 5.75. The number of benzene rings is 1. The number of nitrogens with two attached hydrogens (primary N) is 1. The van der Waals surface area contributed by atoms with Crippen molar-refractivity contribution in [1.29, 1.82) is 0 Å². The number of thiophene rings is 1. The molecular formula is C14H14N2O2S. The van der Waals surface area contributed by atoms with Crippen LogP contribution >= 0.6 is 11.3 Å². The first-order chi connectivity index (χ1) is 8.97. The molecule has 1 heterocycles. The zero-order valence-corrected chi connectivity index (χ0v) is 11.5. The molecule has 3 N–H and O–H groups in total. The van der Waals surface area contributed by atoms with Crippen molar-refractivity contribution < 1.29 is 9.59 Å². The molecule has 1 aromatic heterocycles. The van der Waals surface area contributed by atoms with Crippen LogP contribution in [0, 0.1) is 6.92 Å². The Morgan fingerprint density at radius 2 is 2.00 bits per heavy atom. The Morgan fingerprint density at radius 1 is 1.26 bits per heavy atom. The lowest BCUT2D eigenvalue weighted by atomic mass is 10.1. The van der Waals surface area contributed by atoms with Gasteiger partial charge in [-0.05, 0) is 32.0 Å². The first-order valence-corrected chi connectivity index (χ1v) is 6.57. The fourth-order valence-corrected chi connectivity index (χ4v) is 2.45. The maximum Gasteiger partial charge on any atom is 0.265 e. The van der Waals surface area contributed by atoms with E-state index >= 15 is 0 Å². The molecule has 4 nitrogen and oxygen atoms in total. The smallest absolute Gasteiger partial charge is 0.265 e. The molecule has 0 spiro atoms. The van der Waals surface area contributed by atoms with Gasteiger partial charge in [0.05, 0.1) is 4.88 Å². The summed E-state index contributed by atoms with van der Waals surface area (Å²) in [6.07, 6.45) is 0. The molecule has 0 radical (unpaired) electrons. The fraction of sp³-hybridized carbons (Fsp3) is 0.143. The lowest BCUT2D eigenvalue weighted by molar-refractivity contribution is 0.101. The summed E-state index contributed by atoms with van der Waals surface area (Å²) in [7, 11) is 0. The predicted octanol–water partition coefficient (Wildman–Crippen LogP) is 3.09. The van der Waals surface area contributed by atoms with E-state index in [1.54, 1.807) is 30.3 Å². The quantitative estimate of drug-likeness (QED) is 0.845. The van der Waals surface area contributed by atoms with Crippen molar-refractivity contribution in [2.75, 3.05) is 11.1 Å². The molecule has 0 aliphatic carbocycles. The largest absolute Gasteiger partial charge is 0.398 e. The van der Waals surface area contributed by atoms with Crippen molar-refractivity contribution in [3.8, 4) is 0 Å². The van der Waals surface area contributed by atoms with Crippen molar-refractivity contribution in [3.05, 3.63) is 45.6 Å². The topological polar surface area (TPSA) is 72.2 Å².